The van der Waals surface area contributed by atoms with Crippen LogP contribution in [0.5, 0.6) is 11.5 Å². The summed E-state index contributed by atoms with van der Waals surface area (Å²) < 4.78 is 11.1. The summed E-state index contributed by atoms with van der Waals surface area (Å²) in [6.07, 6.45) is 0.668. The third-order valence-corrected chi connectivity index (χ3v) is 4.68. The molecule has 2 N–H and O–H groups in total. The van der Waals surface area contributed by atoms with Crippen LogP contribution in [0.25, 0.3) is 10.9 Å². The Morgan fingerprint density at radius 3 is 2.32 bits per heavy atom. The Balaban J connectivity index is 1.56. The van der Waals surface area contributed by atoms with Gasteiger partial charge in [0.25, 0.3) is 0 Å². The molecular weight excluding hydrogens is 348 g/mol. The number of nitrogens with two attached hydrogens (primary N) is 1. The maximum atomic E-state index is 6.24. The number of pyridine rings is 1. The van der Waals surface area contributed by atoms with Gasteiger partial charge in [0, 0.05) is 17.9 Å². The number of anilines is 1. The smallest absolute Gasteiger partial charge is 0.122 e. The van der Waals surface area contributed by atoms with E-state index < -0.39 is 0 Å². The molecule has 0 atom stereocenters. The van der Waals surface area contributed by atoms with Crippen molar-refractivity contribution in [1.29, 1.82) is 0 Å². The topological polar surface area (TPSA) is 57.4 Å². The van der Waals surface area contributed by atoms with E-state index in [2.05, 4.69) is 0 Å². The third-order valence-electron chi connectivity index (χ3n) is 4.68. The highest BCUT2D eigenvalue weighted by Crippen LogP contribution is 2.25. The van der Waals surface area contributed by atoms with Crippen molar-refractivity contribution in [3.8, 4) is 11.5 Å². The summed E-state index contributed by atoms with van der Waals surface area (Å²) in [6.45, 7) is 0.528. The van der Waals surface area contributed by atoms with Gasteiger partial charge in [-0.2, -0.15) is 0 Å². The molecule has 0 unspecified atom stereocenters. The van der Waals surface area contributed by atoms with Gasteiger partial charge in [0.1, 0.15) is 18.1 Å². The maximum Gasteiger partial charge on any atom is 0.122 e. The van der Waals surface area contributed by atoms with Gasteiger partial charge in [-0.05, 0) is 41.5 Å². The number of methoxy groups -OCH3 is 1. The number of rotatable bonds is 6. The van der Waals surface area contributed by atoms with E-state index in [1.165, 1.54) is 0 Å². The monoisotopic (exact) mass is 370 g/mol. The van der Waals surface area contributed by atoms with Gasteiger partial charge < -0.3 is 15.2 Å². The SMILES string of the molecule is COc1ccc(Cc2nc3cc(OCc4ccccc4)ccc3cc2N)cc1. The molecule has 0 aliphatic rings. The van der Waals surface area contributed by atoms with E-state index >= 15 is 0 Å². The van der Waals surface area contributed by atoms with E-state index in [0.29, 0.717) is 18.7 Å². The zero-order valence-electron chi connectivity index (χ0n) is 15.8. The van der Waals surface area contributed by atoms with Crippen LogP contribution in [0.2, 0.25) is 0 Å². The van der Waals surface area contributed by atoms with Crippen LogP contribution in [-0.2, 0) is 13.0 Å². The lowest BCUT2D eigenvalue weighted by atomic mass is 10.1. The van der Waals surface area contributed by atoms with E-state index in [0.717, 1.165) is 39.2 Å². The van der Waals surface area contributed by atoms with Crippen molar-refractivity contribution in [3.63, 3.8) is 0 Å². The van der Waals surface area contributed by atoms with Gasteiger partial charge in [0.15, 0.2) is 0 Å². The molecule has 1 heterocycles. The second-order valence-electron chi connectivity index (χ2n) is 6.68. The first-order valence-corrected chi connectivity index (χ1v) is 9.20. The molecule has 0 radical (unpaired) electrons. The molecule has 0 spiro atoms. The number of hydrogen-bond donors (Lipinski definition) is 1. The predicted octanol–water partition coefficient (Wildman–Crippen LogP) is 5.00. The normalized spacial score (nSPS) is 10.8. The Hall–Kier alpha value is -3.53. The van der Waals surface area contributed by atoms with Gasteiger partial charge in [-0.1, -0.05) is 42.5 Å². The van der Waals surface area contributed by atoms with Crippen molar-refractivity contribution in [3.05, 3.63) is 95.7 Å². The van der Waals surface area contributed by atoms with Crippen molar-refractivity contribution in [1.82, 2.24) is 4.98 Å². The van der Waals surface area contributed by atoms with E-state index in [4.69, 9.17) is 20.2 Å². The van der Waals surface area contributed by atoms with Crippen molar-refractivity contribution in [2.75, 3.05) is 12.8 Å². The van der Waals surface area contributed by atoms with Gasteiger partial charge in [-0.3, -0.25) is 4.98 Å². The number of hydrogen-bond acceptors (Lipinski definition) is 4. The van der Waals surface area contributed by atoms with Crippen molar-refractivity contribution in [2.45, 2.75) is 13.0 Å². The lowest BCUT2D eigenvalue weighted by Gasteiger charge is -2.10. The standard InChI is InChI=1S/C24H22N2O2/c1-27-20-10-7-17(8-11-20)13-24-22(25)14-19-9-12-21(15-23(19)26-24)28-16-18-5-3-2-4-6-18/h2-12,14-15H,13,16,25H2,1H3. The number of ether oxygens (including phenoxy) is 2. The van der Waals surface area contributed by atoms with Crippen LogP contribution in [0.3, 0.4) is 0 Å². The molecule has 4 aromatic rings. The lowest BCUT2D eigenvalue weighted by Crippen LogP contribution is -2.01. The van der Waals surface area contributed by atoms with Crippen molar-refractivity contribution in [2.24, 2.45) is 0 Å². The number of nitrogen functional groups attached to an aromatic ring is 1. The molecule has 28 heavy (non-hydrogen) atoms. The van der Waals surface area contributed by atoms with Crippen LogP contribution in [0.1, 0.15) is 16.8 Å². The Morgan fingerprint density at radius 2 is 1.57 bits per heavy atom. The summed E-state index contributed by atoms with van der Waals surface area (Å²) in [5.74, 6) is 1.63. The largest absolute Gasteiger partial charge is 0.497 e. The number of nitrogens with zero attached hydrogens (tertiary/aromatic N) is 1. The third kappa shape index (κ3) is 4.07. The molecule has 4 nitrogen and oxygen atoms in total. The molecule has 4 heteroatoms. The van der Waals surface area contributed by atoms with Crippen molar-refractivity contribution < 1.29 is 9.47 Å². The second kappa shape index (κ2) is 8.01. The first kappa shape index (κ1) is 17.9. The summed E-state index contributed by atoms with van der Waals surface area (Å²) in [4.78, 5) is 4.79. The molecular formula is C24H22N2O2. The number of aromatic nitrogens is 1. The zero-order chi connectivity index (χ0) is 19.3. The average Bonchev–Trinajstić information content (AvgIpc) is 2.74. The van der Waals surface area contributed by atoms with Crippen molar-refractivity contribution >= 4 is 16.6 Å². The van der Waals surface area contributed by atoms with E-state index in [9.17, 15) is 0 Å². The van der Waals surface area contributed by atoms with Crippen LogP contribution in [0, 0.1) is 0 Å². The first-order chi connectivity index (χ1) is 13.7. The van der Waals surface area contributed by atoms with Gasteiger partial charge >= 0.3 is 0 Å². The summed E-state index contributed by atoms with van der Waals surface area (Å²) >= 11 is 0. The van der Waals surface area contributed by atoms with Crippen LogP contribution in [0.4, 0.5) is 5.69 Å². The number of fused-ring (bicyclic) bond motifs is 1. The minimum absolute atomic E-state index is 0.528. The number of benzene rings is 3. The van der Waals surface area contributed by atoms with Crippen LogP contribution in [-0.4, -0.2) is 12.1 Å². The minimum atomic E-state index is 0.528. The van der Waals surface area contributed by atoms with E-state index in [-0.39, 0.29) is 0 Å². The zero-order valence-corrected chi connectivity index (χ0v) is 15.8. The highest BCUT2D eigenvalue weighted by atomic mass is 16.5. The van der Waals surface area contributed by atoms with Crippen LogP contribution >= 0.6 is 0 Å². The molecule has 4 rings (SSSR count). The molecule has 0 fully saturated rings. The quantitative estimate of drug-likeness (QED) is 0.519. The Morgan fingerprint density at radius 1 is 0.821 bits per heavy atom. The highest BCUT2D eigenvalue weighted by Gasteiger charge is 2.07. The molecule has 0 bridgehead atoms. The molecule has 3 aromatic carbocycles. The Kier molecular flexibility index (Phi) is 5.11. The van der Waals surface area contributed by atoms with E-state index in [1.54, 1.807) is 7.11 Å². The fourth-order valence-corrected chi connectivity index (χ4v) is 3.11. The van der Waals surface area contributed by atoms with Gasteiger partial charge in [0.05, 0.1) is 24.0 Å². The lowest BCUT2D eigenvalue weighted by molar-refractivity contribution is 0.306. The Bertz CT molecular complexity index is 1080. The second-order valence-corrected chi connectivity index (χ2v) is 6.68. The maximum absolute atomic E-state index is 6.24. The van der Waals surface area contributed by atoms with Gasteiger partial charge in [-0.15, -0.1) is 0 Å². The summed E-state index contributed by atoms with van der Waals surface area (Å²) in [6, 6.07) is 26.0. The first-order valence-electron chi connectivity index (χ1n) is 9.20. The molecule has 0 aliphatic carbocycles. The molecule has 0 saturated carbocycles. The molecule has 0 amide bonds. The molecule has 0 saturated heterocycles. The Labute approximate surface area is 164 Å². The fourth-order valence-electron chi connectivity index (χ4n) is 3.11. The summed E-state index contributed by atoms with van der Waals surface area (Å²) in [7, 11) is 1.66. The molecule has 140 valence electrons. The van der Waals surface area contributed by atoms with Crippen LogP contribution < -0.4 is 15.2 Å². The van der Waals surface area contributed by atoms with Gasteiger partial charge in [-0.25, -0.2) is 0 Å². The molecule has 1 aromatic heterocycles. The van der Waals surface area contributed by atoms with Crippen LogP contribution in [0.15, 0.2) is 78.9 Å². The van der Waals surface area contributed by atoms with Gasteiger partial charge in [0.2, 0.25) is 0 Å². The summed E-state index contributed by atoms with van der Waals surface area (Å²) in [5.41, 5.74) is 10.9. The fraction of sp³-hybridized carbons (Fsp3) is 0.125. The van der Waals surface area contributed by atoms with E-state index in [1.807, 2.05) is 78.9 Å². The average molecular weight is 370 g/mol. The predicted molar refractivity (Wildman–Crippen MR) is 113 cm³/mol. The minimum Gasteiger partial charge on any atom is -0.497 e. The highest BCUT2D eigenvalue weighted by molar-refractivity contribution is 5.83. The molecule has 0 aliphatic heterocycles. The summed E-state index contributed by atoms with van der Waals surface area (Å²) in [5, 5.41) is 1.00.